The molecule has 0 saturated carbocycles. The highest BCUT2D eigenvalue weighted by Crippen LogP contribution is 2.44. The first-order valence-corrected chi connectivity index (χ1v) is 7.85. The summed E-state index contributed by atoms with van der Waals surface area (Å²) in [5.74, 6) is 0.0727. The second-order valence-corrected chi connectivity index (χ2v) is 7.60. The summed E-state index contributed by atoms with van der Waals surface area (Å²) in [6.45, 7) is 6.70. The fraction of sp³-hybridized carbons (Fsp3) is 0.600. The van der Waals surface area contributed by atoms with Crippen LogP contribution in [0.25, 0.3) is 0 Å². The Balaban J connectivity index is 2.37. The summed E-state index contributed by atoms with van der Waals surface area (Å²) in [7, 11) is 1.29. The zero-order chi connectivity index (χ0) is 15.8. The average molecular weight is 310 g/mol. The zero-order valence-electron chi connectivity index (χ0n) is 12.9. The maximum atomic E-state index is 11.7. The molecule has 0 spiro atoms. The standard InChI is InChI=1S/C15H22N2O3S/c1-15(2,3)8-5-6-9-10(7-8)21-13(11(9)12(16)18)17-14(19)20-4/h8H,5-7H2,1-4H3,(H2,16,18)(H,17,19)/t8-/m1/s1. The van der Waals surface area contributed by atoms with Gasteiger partial charge in [-0.1, -0.05) is 20.8 Å². The molecule has 1 heterocycles. The van der Waals surface area contributed by atoms with E-state index in [0.717, 1.165) is 29.7 Å². The topological polar surface area (TPSA) is 81.4 Å². The van der Waals surface area contributed by atoms with Gasteiger partial charge in [-0.15, -0.1) is 11.3 Å². The lowest BCUT2D eigenvalue weighted by molar-refractivity contribution is 0.1000. The van der Waals surface area contributed by atoms with Crippen LogP contribution in [0.4, 0.5) is 9.80 Å². The molecule has 1 aromatic heterocycles. The molecule has 0 unspecified atom stereocenters. The van der Waals surface area contributed by atoms with Crippen molar-refractivity contribution in [1.82, 2.24) is 0 Å². The van der Waals surface area contributed by atoms with Crippen LogP contribution >= 0.6 is 11.3 Å². The number of primary amides is 1. The van der Waals surface area contributed by atoms with Crippen LogP contribution in [0, 0.1) is 11.3 Å². The van der Waals surface area contributed by atoms with E-state index in [9.17, 15) is 9.59 Å². The van der Waals surface area contributed by atoms with Crippen molar-refractivity contribution >= 4 is 28.3 Å². The molecule has 6 heteroatoms. The maximum Gasteiger partial charge on any atom is 0.411 e. The molecular weight excluding hydrogens is 288 g/mol. The third-order valence-corrected chi connectivity index (χ3v) is 5.31. The number of amides is 2. The van der Waals surface area contributed by atoms with Crippen molar-refractivity contribution < 1.29 is 14.3 Å². The van der Waals surface area contributed by atoms with Crippen molar-refractivity contribution in [2.75, 3.05) is 12.4 Å². The van der Waals surface area contributed by atoms with Gasteiger partial charge in [0.25, 0.3) is 5.91 Å². The van der Waals surface area contributed by atoms with Crippen molar-refractivity contribution in [2.24, 2.45) is 17.1 Å². The van der Waals surface area contributed by atoms with Crippen molar-refractivity contribution in [2.45, 2.75) is 40.0 Å². The van der Waals surface area contributed by atoms with Crippen LogP contribution in [0.1, 0.15) is 48.0 Å². The third-order valence-electron chi connectivity index (χ3n) is 4.14. The number of nitrogens with one attached hydrogen (secondary N) is 1. The number of hydrogen-bond donors (Lipinski definition) is 2. The van der Waals surface area contributed by atoms with Gasteiger partial charge in [-0.3, -0.25) is 10.1 Å². The Labute approximate surface area is 128 Å². The second-order valence-electron chi connectivity index (χ2n) is 6.49. The lowest BCUT2D eigenvalue weighted by Crippen LogP contribution is -2.27. The fourth-order valence-electron chi connectivity index (χ4n) is 2.82. The van der Waals surface area contributed by atoms with Crippen LogP contribution in [0.2, 0.25) is 0 Å². The summed E-state index contributed by atoms with van der Waals surface area (Å²) in [6.07, 6.45) is 2.20. The predicted octanol–water partition coefficient (Wildman–Crippen LogP) is 3.18. The molecule has 5 nitrogen and oxygen atoms in total. The SMILES string of the molecule is COC(=O)Nc1sc2c(c1C(N)=O)CC[C@@H](C(C)(C)C)C2. The highest BCUT2D eigenvalue weighted by Gasteiger charge is 2.33. The minimum atomic E-state index is -0.580. The van der Waals surface area contributed by atoms with E-state index in [1.165, 1.54) is 18.4 Å². The molecule has 1 aliphatic rings. The number of rotatable bonds is 2. The molecule has 2 rings (SSSR count). The molecule has 0 aromatic carbocycles. The number of ether oxygens (including phenoxy) is 1. The minimum Gasteiger partial charge on any atom is -0.453 e. The number of thiophene rings is 1. The largest absolute Gasteiger partial charge is 0.453 e. The molecular formula is C15H22N2O3S. The number of hydrogen-bond acceptors (Lipinski definition) is 4. The van der Waals surface area contributed by atoms with Gasteiger partial charge in [-0.25, -0.2) is 4.79 Å². The van der Waals surface area contributed by atoms with E-state index in [-0.39, 0.29) is 5.41 Å². The van der Waals surface area contributed by atoms with E-state index in [4.69, 9.17) is 5.73 Å². The van der Waals surface area contributed by atoms with Crippen LogP contribution in [-0.4, -0.2) is 19.1 Å². The van der Waals surface area contributed by atoms with Crippen LogP contribution in [0.5, 0.6) is 0 Å². The van der Waals surface area contributed by atoms with Gasteiger partial charge in [0.2, 0.25) is 0 Å². The lowest BCUT2D eigenvalue weighted by atomic mass is 9.72. The van der Waals surface area contributed by atoms with Crippen LogP contribution in [0.15, 0.2) is 0 Å². The van der Waals surface area contributed by atoms with E-state index in [1.807, 2.05) is 0 Å². The first-order chi connectivity index (χ1) is 9.74. The van der Waals surface area contributed by atoms with Gasteiger partial charge in [0.15, 0.2) is 0 Å². The number of anilines is 1. The summed E-state index contributed by atoms with van der Waals surface area (Å²) < 4.78 is 4.60. The Hall–Kier alpha value is -1.56. The van der Waals surface area contributed by atoms with Crippen molar-refractivity contribution in [3.8, 4) is 0 Å². The number of carbonyl (C=O) groups excluding carboxylic acids is 2. The summed E-state index contributed by atoms with van der Waals surface area (Å²) in [6, 6.07) is 0. The van der Waals surface area contributed by atoms with Gasteiger partial charge in [0, 0.05) is 4.88 Å². The Morgan fingerprint density at radius 2 is 2.05 bits per heavy atom. The van der Waals surface area contributed by atoms with Gasteiger partial charge in [-0.2, -0.15) is 0 Å². The molecule has 0 saturated heterocycles. The van der Waals surface area contributed by atoms with E-state index in [1.54, 1.807) is 0 Å². The predicted molar refractivity (Wildman–Crippen MR) is 83.8 cm³/mol. The quantitative estimate of drug-likeness (QED) is 0.880. The second kappa shape index (κ2) is 5.67. The molecule has 1 aliphatic carbocycles. The molecule has 116 valence electrons. The monoisotopic (exact) mass is 310 g/mol. The highest BCUT2D eigenvalue weighted by atomic mass is 32.1. The minimum absolute atomic E-state index is 0.227. The number of methoxy groups -OCH3 is 1. The first kappa shape index (κ1) is 15.8. The lowest BCUT2D eigenvalue weighted by Gasteiger charge is -2.33. The Morgan fingerprint density at radius 3 is 2.57 bits per heavy atom. The maximum absolute atomic E-state index is 11.7. The molecule has 2 amide bonds. The van der Waals surface area contributed by atoms with Crippen molar-refractivity contribution in [1.29, 1.82) is 0 Å². The normalized spacial score (nSPS) is 18.0. The van der Waals surface area contributed by atoms with E-state index >= 15 is 0 Å². The molecule has 0 radical (unpaired) electrons. The molecule has 1 atom stereocenters. The molecule has 0 fully saturated rings. The summed E-state index contributed by atoms with van der Waals surface area (Å²) >= 11 is 1.44. The van der Waals surface area contributed by atoms with Crippen LogP contribution in [-0.2, 0) is 17.6 Å². The van der Waals surface area contributed by atoms with Crippen molar-refractivity contribution in [3.05, 3.63) is 16.0 Å². The fourth-order valence-corrected chi connectivity index (χ4v) is 4.14. The van der Waals surface area contributed by atoms with Gasteiger partial charge in [-0.05, 0) is 36.2 Å². The summed E-state index contributed by atoms with van der Waals surface area (Å²) in [4.78, 5) is 24.3. The van der Waals surface area contributed by atoms with E-state index in [2.05, 4.69) is 30.8 Å². The first-order valence-electron chi connectivity index (χ1n) is 7.03. The van der Waals surface area contributed by atoms with Gasteiger partial charge in [0.1, 0.15) is 5.00 Å². The number of nitrogens with two attached hydrogens (primary N) is 1. The average Bonchev–Trinajstić information content (AvgIpc) is 2.74. The third kappa shape index (κ3) is 3.20. The Kier molecular flexibility index (Phi) is 4.27. The zero-order valence-corrected chi connectivity index (χ0v) is 13.7. The van der Waals surface area contributed by atoms with Gasteiger partial charge in [0.05, 0.1) is 12.7 Å². The van der Waals surface area contributed by atoms with Crippen LogP contribution in [0.3, 0.4) is 0 Å². The van der Waals surface area contributed by atoms with E-state index < -0.39 is 12.0 Å². The Morgan fingerprint density at radius 1 is 1.38 bits per heavy atom. The molecule has 0 aliphatic heterocycles. The highest BCUT2D eigenvalue weighted by molar-refractivity contribution is 7.17. The molecule has 21 heavy (non-hydrogen) atoms. The Bertz CT molecular complexity index is 572. The van der Waals surface area contributed by atoms with Crippen molar-refractivity contribution in [3.63, 3.8) is 0 Å². The molecule has 3 N–H and O–H groups in total. The van der Waals surface area contributed by atoms with E-state index in [0.29, 0.717) is 16.5 Å². The van der Waals surface area contributed by atoms with Gasteiger partial charge < -0.3 is 10.5 Å². The van der Waals surface area contributed by atoms with Crippen LogP contribution < -0.4 is 11.1 Å². The van der Waals surface area contributed by atoms with Gasteiger partial charge >= 0.3 is 6.09 Å². The summed E-state index contributed by atoms with van der Waals surface area (Å²) in [5, 5.41) is 3.12. The summed E-state index contributed by atoms with van der Waals surface area (Å²) in [5.41, 5.74) is 7.17. The number of fused-ring (bicyclic) bond motifs is 1. The molecule has 1 aromatic rings. The smallest absolute Gasteiger partial charge is 0.411 e. The number of carbonyl (C=O) groups is 2. The molecule has 0 bridgehead atoms.